The quantitative estimate of drug-likeness (QED) is 0.341. The van der Waals surface area contributed by atoms with Gasteiger partial charge >= 0.3 is 6.16 Å². The third kappa shape index (κ3) is 2.05. The average molecular weight is 286 g/mol. The van der Waals surface area contributed by atoms with E-state index in [1.165, 1.54) is 11.1 Å². The van der Waals surface area contributed by atoms with Crippen LogP contribution in [-0.2, 0) is 14.3 Å². The molecule has 1 fully saturated rings. The summed E-state index contributed by atoms with van der Waals surface area (Å²) in [4.78, 5) is 35.3. The average Bonchev–Trinajstić information content (AvgIpc) is 2.53. The summed E-state index contributed by atoms with van der Waals surface area (Å²) in [5.41, 5.74) is -1.20. The van der Waals surface area contributed by atoms with E-state index in [4.69, 9.17) is 5.11 Å². The molecule has 104 valence electrons. The van der Waals surface area contributed by atoms with Crippen molar-refractivity contribution in [2.75, 3.05) is 12.3 Å². The van der Waals surface area contributed by atoms with Crippen molar-refractivity contribution in [1.82, 2.24) is 10.0 Å². The lowest BCUT2D eigenvalue weighted by Gasteiger charge is -2.34. The van der Waals surface area contributed by atoms with Crippen LogP contribution in [0.2, 0.25) is 0 Å². The molecule has 2 aliphatic rings. The number of carbonyl (C=O) groups excluding carboxylic acids is 2. The lowest BCUT2D eigenvalue weighted by Crippen LogP contribution is -2.50. The first kappa shape index (κ1) is 13.7. The lowest BCUT2D eigenvalue weighted by molar-refractivity contribution is -0.165. The highest BCUT2D eigenvalue weighted by molar-refractivity contribution is 7.80. The number of hydrogen-bond acceptors (Lipinski definition) is 5. The Kier molecular flexibility index (Phi) is 3.44. The summed E-state index contributed by atoms with van der Waals surface area (Å²) in [6.07, 6.45) is 0.744. The molecule has 0 radical (unpaired) electrons. The molecular weight excluding hydrogens is 272 g/mol. The summed E-state index contributed by atoms with van der Waals surface area (Å²) in [5.74, 6) is -0.426. The third-order valence-electron chi connectivity index (χ3n) is 3.30. The number of amides is 2. The second-order valence-corrected chi connectivity index (χ2v) is 4.99. The second-order valence-electron chi connectivity index (χ2n) is 4.55. The standard InChI is InChI=1S/C11H14N2O5S/c1-11(4-6-19)8(14)12-5-2-3-7(18-10(16)17)13(12)9(11)15/h2-3,7,19H,4-6H2,1H3,(H,16,17). The molecule has 2 amide bonds. The zero-order chi connectivity index (χ0) is 14.2. The Morgan fingerprint density at radius 3 is 2.84 bits per heavy atom. The monoisotopic (exact) mass is 286 g/mol. The molecule has 1 saturated heterocycles. The maximum atomic E-state index is 12.4. The number of hydrogen-bond donors (Lipinski definition) is 2. The Morgan fingerprint density at radius 1 is 1.58 bits per heavy atom. The van der Waals surface area contributed by atoms with E-state index in [1.54, 1.807) is 13.0 Å². The number of fused-ring (bicyclic) bond motifs is 1. The molecule has 0 aromatic heterocycles. The molecule has 0 aromatic rings. The molecule has 2 rings (SSSR count). The predicted octanol–water partition coefficient (Wildman–Crippen LogP) is 0.489. The van der Waals surface area contributed by atoms with Crippen LogP contribution >= 0.6 is 12.6 Å². The molecule has 2 heterocycles. The van der Waals surface area contributed by atoms with Crippen LogP contribution in [0.15, 0.2) is 12.2 Å². The van der Waals surface area contributed by atoms with Gasteiger partial charge in [0.25, 0.3) is 11.8 Å². The first-order valence-electron chi connectivity index (χ1n) is 5.74. The Morgan fingerprint density at radius 2 is 2.26 bits per heavy atom. The van der Waals surface area contributed by atoms with Crippen LogP contribution in [0.3, 0.4) is 0 Å². The van der Waals surface area contributed by atoms with Gasteiger partial charge in [0.05, 0.1) is 6.54 Å². The largest absolute Gasteiger partial charge is 0.508 e. The van der Waals surface area contributed by atoms with E-state index < -0.39 is 23.7 Å². The maximum absolute atomic E-state index is 12.4. The number of ether oxygens (including phenoxy) is 1. The molecule has 0 bridgehead atoms. The fraction of sp³-hybridized carbons (Fsp3) is 0.545. The van der Waals surface area contributed by atoms with Crippen molar-refractivity contribution in [2.24, 2.45) is 5.41 Å². The molecule has 7 nitrogen and oxygen atoms in total. The van der Waals surface area contributed by atoms with Gasteiger partial charge in [-0.25, -0.2) is 14.8 Å². The van der Waals surface area contributed by atoms with Gasteiger partial charge in [-0.05, 0) is 25.2 Å². The van der Waals surface area contributed by atoms with Crippen molar-refractivity contribution in [3.05, 3.63) is 12.2 Å². The van der Waals surface area contributed by atoms with Crippen LogP contribution in [0.1, 0.15) is 13.3 Å². The number of carboxylic acid groups (broad SMARTS) is 1. The highest BCUT2D eigenvalue weighted by atomic mass is 32.1. The van der Waals surface area contributed by atoms with Gasteiger partial charge in [-0.2, -0.15) is 12.6 Å². The van der Waals surface area contributed by atoms with Gasteiger partial charge in [-0.1, -0.05) is 6.08 Å². The van der Waals surface area contributed by atoms with Crippen molar-refractivity contribution in [3.8, 4) is 0 Å². The molecule has 0 aromatic carbocycles. The van der Waals surface area contributed by atoms with E-state index in [0.29, 0.717) is 12.2 Å². The minimum atomic E-state index is -1.50. The van der Waals surface area contributed by atoms with E-state index in [0.717, 1.165) is 5.01 Å². The summed E-state index contributed by atoms with van der Waals surface area (Å²) >= 11 is 4.06. The van der Waals surface area contributed by atoms with Crippen LogP contribution in [0.4, 0.5) is 4.79 Å². The lowest BCUT2D eigenvalue weighted by atomic mass is 9.87. The van der Waals surface area contributed by atoms with Gasteiger partial charge in [0, 0.05) is 0 Å². The van der Waals surface area contributed by atoms with Gasteiger partial charge in [-0.3, -0.25) is 9.59 Å². The molecule has 2 unspecified atom stereocenters. The summed E-state index contributed by atoms with van der Waals surface area (Å²) < 4.78 is 4.62. The van der Waals surface area contributed by atoms with E-state index in [-0.39, 0.29) is 12.5 Å². The van der Waals surface area contributed by atoms with Crippen LogP contribution < -0.4 is 0 Å². The molecular formula is C11H14N2O5S. The van der Waals surface area contributed by atoms with Crippen molar-refractivity contribution in [3.63, 3.8) is 0 Å². The Bertz CT molecular complexity index is 466. The summed E-state index contributed by atoms with van der Waals surface area (Å²) in [5, 5.41) is 11.0. The van der Waals surface area contributed by atoms with Crippen LogP contribution in [0.25, 0.3) is 0 Å². The van der Waals surface area contributed by atoms with Crippen molar-refractivity contribution in [2.45, 2.75) is 19.6 Å². The van der Waals surface area contributed by atoms with Crippen LogP contribution in [0.5, 0.6) is 0 Å². The molecule has 19 heavy (non-hydrogen) atoms. The molecule has 0 saturated carbocycles. The van der Waals surface area contributed by atoms with Crippen LogP contribution in [-0.4, -0.2) is 51.6 Å². The summed E-state index contributed by atoms with van der Waals surface area (Å²) in [6.45, 7) is 1.77. The first-order chi connectivity index (χ1) is 8.91. The zero-order valence-electron chi connectivity index (χ0n) is 10.3. The maximum Gasteiger partial charge on any atom is 0.508 e. The number of hydrazine groups is 1. The third-order valence-corrected chi connectivity index (χ3v) is 3.52. The summed E-state index contributed by atoms with van der Waals surface area (Å²) in [7, 11) is 0. The highest BCUT2D eigenvalue weighted by Crippen LogP contribution is 2.37. The number of nitrogens with zero attached hydrogens (tertiary/aromatic N) is 2. The van der Waals surface area contributed by atoms with E-state index in [2.05, 4.69) is 17.4 Å². The minimum Gasteiger partial charge on any atom is -0.450 e. The SMILES string of the molecule is CC1(CCS)C(=O)N2CC=CC(OC(=O)O)N2C1=O. The first-order valence-corrected chi connectivity index (χ1v) is 6.37. The van der Waals surface area contributed by atoms with Crippen molar-refractivity contribution >= 4 is 30.6 Å². The normalized spacial score (nSPS) is 29.7. The van der Waals surface area contributed by atoms with Gasteiger partial charge in [0.2, 0.25) is 6.23 Å². The predicted molar refractivity (Wildman–Crippen MR) is 67.2 cm³/mol. The molecule has 8 heteroatoms. The molecule has 2 atom stereocenters. The fourth-order valence-electron chi connectivity index (χ4n) is 2.25. The zero-order valence-corrected chi connectivity index (χ0v) is 11.2. The minimum absolute atomic E-state index is 0.228. The fourth-order valence-corrected chi connectivity index (χ4v) is 2.70. The van der Waals surface area contributed by atoms with Gasteiger partial charge in [-0.15, -0.1) is 0 Å². The number of rotatable bonds is 3. The number of thiol groups is 1. The van der Waals surface area contributed by atoms with E-state index in [1.807, 2.05) is 0 Å². The van der Waals surface area contributed by atoms with Crippen LogP contribution in [0, 0.1) is 5.41 Å². The van der Waals surface area contributed by atoms with Gasteiger partial charge in [0.1, 0.15) is 5.41 Å². The molecule has 0 spiro atoms. The second kappa shape index (κ2) is 4.76. The number of carbonyl (C=O) groups is 3. The topological polar surface area (TPSA) is 87.2 Å². The van der Waals surface area contributed by atoms with Gasteiger partial charge in [0.15, 0.2) is 0 Å². The molecule has 1 N–H and O–H groups in total. The van der Waals surface area contributed by atoms with E-state index in [9.17, 15) is 14.4 Å². The molecule has 2 aliphatic heterocycles. The Labute approximate surface area is 115 Å². The highest BCUT2D eigenvalue weighted by Gasteiger charge is 2.57. The Hall–Kier alpha value is -1.70. The van der Waals surface area contributed by atoms with Crippen molar-refractivity contribution in [1.29, 1.82) is 0 Å². The van der Waals surface area contributed by atoms with E-state index >= 15 is 0 Å². The Balaban J connectivity index is 2.33. The smallest absolute Gasteiger partial charge is 0.450 e. The van der Waals surface area contributed by atoms with Crippen molar-refractivity contribution < 1.29 is 24.2 Å². The van der Waals surface area contributed by atoms with Gasteiger partial charge < -0.3 is 9.84 Å². The summed E-state index contributed by atoms with van der Waals surface area (Å²) in [6, 6.07) is 0. The molecule has 0 aliphatic carbocycles.